The number of ether oxygens (including phenoxy) is 1. The van der Waals surface area contributed by atoms with E-state index < -0.39 is 10.0 Å². The van der Waals surface area contributed by atoms with Gasteiger partial charge >= 0.3 is 0 Å². The summed E-state index contributed by atoms with van der Waals surface area (Å²) < 4.78 is 35.0. The van der Waals surface area contributed by atoms with E-state index >= 15 is 0 Å². The van der Waals surface area contributed by atoms with Crippen molar-refractivity contribution in [3.8, 4) is 5.75 Å². The van der Waals surface area contributed by atoms with Gasteiger partial charge in [0, 0.05) is 42.2 Å². The summed E-state index contributed by atoms with van der Waals surface area (Å²) >= 11 is 7.00. The van der Waals surface area contributed by atoms with Gasteiger partial charge in [-0.25, -0.2) is 8.42 Å². The second-order valence-electron chi connectivity index (χ2n) is 7.91. The van der Waals surface area contributed by atoms with Gasteiger partial charge in [-0.3, -0.25) is 9.78 Å². The number of carbonyl (C=O) groups is 1. The van der Waals surface area contributed by atoms with Gasteiger partial charge in [0.25, 0.3) is 5.91 Å². The third-order valence-corrected chi connectivity index (χ3v) is 8.93. The summed E-state index contributed by atoms with van der Waals surface area (Å²) in [7, 11) is -3.60. The second kappa shape index (κ2) is 9.69. The van der Waals surface area contributed by atoms with Gasteiger partial charge in [-0.15, -0.1) is 0 Å². The number of pyridine rings is 1. The summed E-state index contributed by atoms with van der Waals surface area (Å²) in [6.45, 7) is 4.69. The summed E-state index contributed by atoms with van der Waals surface area (Å²) in [4.78, 5) is 19.1. The fourth-order valence-corrected chi connectivity index (χ4v) is 6.93. The minimum atomic E-state index is -3.60. The number of aryl methyl sites for hydroxylation is 2. The maximum atomic E-state index is 13.1. The average molecular weight is 597 g/mol. The second-order valence-corrected chi connectivity index (χ2v) is 11.5. The van der Waals surface area contributed by atoms with Crippen molar-refractivity contribution >= 4 is 58.7 Å². The number of rotatable bonds is 5. The van der Waals surface area contributed by atoms with Gasteiger partial charge < -0.3 is 9.64 Å². The van der Waals surface area contributed by atoms with E-state index in [2.05, 4.69) is 36.8 Å². The Kier molecular flexibility index (Phi) is 7.09. The van der Waals surface area contributed by atoms with Crippen LogP contribution in [0.25, 0.3) is 10.9 Å². The van der Waals surface area contributed by atoms with E-state index in [4.69, 9.17) is 4.74 Å². The van der Waals surface area contributed by atoms with Crippen LogP contribution in [-0.2, 0) is 14.8 Å². The fourth-order valence-electron chi connectivity index (χ4n) is 3.91. The van der Waals surface area contributed by atoms with Crippen LogP contribution in [0.15, 0.2) is 56.4 Å². The molecule has 1 aliphatic rings. The maximum absolute atomic E-state index is 13.1. The van der Waals surface area contributed by atoms with Crippen LogP contribution < -0.4 is 4.74 Å². The van der Waals surface area contributed by atoms with Crippen LogP contribution >= 0.6 is 31.9 Å². The molecule has 4 rings (SSSR count). The van der Waals surface area contributed by atoms with Crippen LogP contribution in [0.5, 0.6) is 5.75 Å². The molecule has 10 heteroatoms. The number of fused-ring (bicyclic) bond motifs is 1. The summed E-state index contributed by atoms with van der Waals surface area (Å²) in [6.07, 6.45) is 1.67. The van der Waals surface area contributed by atoms with E-state index in [9.17, 15) is 13.2 Å². The zero-order chi connectivity index (χ0) is 23.8. The van der Waals surface area contributed by atoms with Gasteiger partial charge in [-0.2, -0.15) is 4.31 Å². The molecule has 0 aliphatic carbocycles. The van der Waals surface area contributed by atoms with Crippen LogP contribution in [0.3, 0.4) is 0 Å². The molecule has 1 fully saturated rings. The molecule has 7 nitrogen and oxygen atoms in total. The van der Waals surface area contributed by atoms with Gasteiger partial charge in [0.2, 0.25) is 10.0 Å². The van der Waals surface area contributed by atoms with E-state index in [1.165, 1.54) is 4.31 Å². The number of hydrogen-bond acceptors (Lipinski definition) is 5. The van der Waals surface area contributed by atoms with Gasteiger partial charge in [-0.05, 0) is 53.5 Å². The quantitative estimate of drug-likeness (QED) is 0.439. The van der Waals surface area contributed by atoms with Crippen LogP contribution in [0.1, 0.15) is 11.1 Å². The van der Waals surface area contributed by atoms with Crippen LogP contribution in [-0.4, -0.2) is 61.3 Å². The van der Waals surface area contributed by atoms with Crippen molar-refractivity contribution in [3.05, 3.63) is 62.7 Å². The van der Waals surface area contributed by atoms with Crippen molar-refractivity contribution in [2.45, 2.75) is 18.7 Å². The van der Waals surface area contributed by atoms with Crippen molar-refractivity contribution in [1.29, 1.82) is 0 Å². The number of sulfonamides is 1. The van der Waals surface area contributed by atoms with E-state index in [-0.39, 0.29) is 25.6 Å². The Morgan fingerprint density at radius 1 is 1.06 bits per heavy atom. The lowest BCUT2D eigenvalue weighted by molar-refractivity contribution is -0.134. The molecule has 174 valence electrons. The molecule has 0 N–H and O–H groups in total. The van der Waals surface area contributed by atoms with Crippen LogP contribution in [0.4, 0.5) is 0 Å². The molecule has 0 bridgehead atoms. The predicted octanol–water partition coefficient (Wildman–Crippen LogP) is 4.29. The number of nitrogens with zero attached hydrogens (tertiary/aromatic N) is 3. The standard InChI is InChI=1S/C23H23Br2N3O4S/c1-15-5-6-20(16(2)12-15)33(30,31)28-10-8-27(9-11-28)21(29)14-32-23-19(25)13-18(24)17-4-3-7-26-22(17)23/h3-7,12-13H,8-11,14H2,1-2H3. The molecule has 0 atom stereocenters. The smallest absolute Gasteiger partial charge is 0.260 e. The number of carbonyl (C=O) groups excluding carboxylic acids is 1. The number of amides is 1. The van der Waals surface area contributed by atoms with Gasteiger partial charge in [0.1, 0.15) is 5.52 Å². The van der Waals surface area contributed by atoms with Crippen LogP contribution in [0, 0.1) is 13.8 Å². The van der Waals surface area contributed by atoms with E-state index in [1.807, 2.05) is 31.2 Å². The van der Waals surface area contributed by atoms with Crippen molar-refractivity contribution in [3.63, 3.8) is 0 Å². The Bertz CT molecular complexity index is 1320. The molecule has 0 radical (unpaired) electrons. The van der Waals surface area contributed by atoms with Gasteiger partial charge in [0.15, 0.2) is 12.4 Å². The SMILES string of the molecule is Cc1ccc(S(=O)(=O)N2CCN(C(=O)COc3c(Br)cc(Br)c4cccnc34)CC2)c(C)c1. The average Bonchev–Trinajstić information content (AvgIpc) is 2.78. The topological polar surface area (TPSA) is 79.8 Å². The first kappa shape index (κ1) is 24.1. The van der Waals surface area contributed by atoms with Gasteiger partial charge in [-0.1, -0.05) is 39.7 Å². The normalized spacial score (nSPS) is 15.1. The highest BCUT2D eigenvalue weighted by Crippen LogP contribution is 2.37. The molecule has 33 heavy (non-hydrogen) atoms. The lowest BCUT2D eigenvalue weighted by Crippen LogP contribution is -2.51. The molecule has 0 unspecified atom stereocenters. The highest BCUT2D eigenvalue weighted by atomic mass is 79.9. The van der Waals surface area contributed by atoms with E-state index in [0.29, 0.717) is 33.7 Å². The lowest BCUT2D eigenvalue weighted by Gasteiger charge is -2.34. The monoisotopic (exact) mass is 595 g/mol. The Hall–Kier alpha value is -2.01. The summed E-state index contributed by atoms with van der Waals surface area (Å²) in [5.41, 5.74) is 2.39. The largest absolute Gasteiger partial charge is 0.480 e. The minimum Gasteiger partial charge on any atom is -0.480 e. The number of benzene rings is 2. The molecule has 1 aliphatic heterocycles. The molecule has 1 saturated heterocycles. The number of piperazine rings is 1. The number of halogens is 2. The number of hydrogen-bond donors (Lipinski definition) is 0. The Balaban J connectivity index is 1.41. The minimum absolute atomic E-state index is 0.157. The molecular weight excluding hydrogens is 574 g/mol. The van der Waals surface area contributed by atoms with E-state index in [0.717, 1.165) is 21.0 Å². The Labute approximate surface area is 210 Å². The van der Waals surface area contributed by atoms with Crippen molar-refractivity contribution in [1.82, 2.24) is 14.2 Å². The summed E-state index contributed by atoms with van der Waals surface area (Å²) in [6, 6.07) is 10.9. The first-order valence-electron chi connectivity index (χ1n) is 10.4. The highest BCUT2D eigenvalue weighted by Gasteiger charge is 2.31. The summed E-state index contributed by atoms with van der Waals surface area (Å²) in [5.74, 6) is 0.302. The molecule has 1 aromatic heterocycles. The van der Waals surface area contributed by atoms with Gasteiger partial charge in [0.05, 0.1) is 9.37 Å². The first-order chi connectivity index (χ1) is 15.7. The maximum Gasteiger partial charge on any atom is 0.260 e. The van der Waals surface area contributed by atoms with E-state index in [1.54, 1.807) is 30.2 Å². The van der Waals surface area contributed by atoms with Crippen LogP contribution in [0.2, 0.25) is 0 Å². The van der Waals surface area contributed by atoms with Crippen molar-refractivity contribution in [2.24, 2.45) is 0 Å². The third-order valence-electron chi connectivity index (χ3n) is 5.63. The third kappa shape index (κ3) is 4.94. The molecule has 0 spiro atoms. The molecular formula is C23H23Br2N3O4S. The summed E-state index contributed by atoms with van der Waals surface area (Å²) in [5, 5.41) is 0.883. The number of aromatic nitrogens is 1. The molecule has 2 aromatic carbocycles. The molecule has 0 saturated carbocycles. The molecule has 1 amide bonds. The van der Waals surface area contributed by atoms with Crippen molar-refractivity contribution < 1.29 is 17.9 Å². The van der Waals surface area contributed by atoms with Crippen molar-refractivity contribution in [2.75, 3.05) is 32.8 Å². The molecule has 2 heterocycles. The lowest BCUT2D eigenvalue weighted by atomic mass is 10.2. The highest BCUT2D eigenvalue weighted by molar-refractivity contribution is 9.11. The fraction of sp³-hybridized carbons (Fsp3) is 0.304. The zero-order valence-corrected chi connectivity index (χ0v) is 22.2. The Morgan fingerprint density at radius 3 is 2.48 bits per heavy atom. The zero-order valence-electron chi connectivity index (χ0n) is 18.2. The predicted molar refractivity (Wildman–Crippen MR) is 134 cm³/mol. The molecule has 3 aromatic rings. The Morgan fingerprint density at radius 2 is 1.79 bits per heavy atom. The first-order valence-corrected chi connectivity index (χ1v) is 13.4.